The van der Waals surface area contributed by atoms with Gasteiger partial charge in [-0.3, -0.25) is 19.7 Å². The summed E-state index contributed by atoms with van der Waals surface area (Å²) in [6.07, 6.45) is 1.97. The molecule has 3 aromatic rings. The number of benzene rings is 2. The number of hydrogen-bond donors (Lipinski definition) is 0. The zero-order valence-electron chi connectivity index (χ0n) is 20.8. The molecular formula is C27H31ClN4O4. The molecule has 0 spiro atoms. The highest BCUT2D eigenvalue weighted by Gasteiger charge is 2.23. The van der Waals surface area contributed by atoms with Gasteiger partial charge in [0.15, 0.2) is 0 Å². The molecule has 0 bridgehead atoms. The Balaban J connectivity index is 1.74. The van der Waals surface area contributed by atoms with Crippen molar-refractivity contribution in [1.29, 1.82) is 0 Å². The summed E-state index contributed by atoms with van der Waals surface area (Å²) in [7, 11) is 0. The van der Waals surface area contributed by atoms with Crippen LogP contribution in [0.2, 0.25) is 5.02 Å². The molecule has 0 aliphatic heterocycles. The molecule has 0 saturated heterocycles. The fourth-order valence-corrected chi connectivity index (χ4v) is 4.14. The van der Waals surface area contributed by atoms with E-state index >= 15 is 0 Å². The number of non-ortho nitro benzene ring substituents is 1. The van der Waals surface area contributed by atoms with E-state index in [4.69, 9.17) is 11.6 Å². The van der Waals surface area contributed by atoms with Crippen molar-refractivity contribution in [2.45, 2.75) is 33.9 Å². The maximum atomic E-state index is 13.4. The van der Waals surface area contributed by atoms with E-state index < -0.39 is 4.92 Å². The van der Waals surface area contributed by atoms with Gasteiger partial charge in [-0.2, -0.15) is 0 Å². The molecule has 2 aromatic carbocycles. The highest BCUT2D eigenvalue weighted by Crippen LogP contribution is 2.19. The Bertz CT molecular complexity index is 1210. The molecule has 0 saturated carbocycles. The Morgan fingerprint density at radius 1 is 1.03 bits per heavy atom. The van der Waals surface area contributed by atoms with Crippen molar-refractivity contribution in [3.8, 4) is 0 Å². The van der Waals surface area contributed by atoms with Gasteiger partial charge in [0.1, 0.15) is 6.54 Å². The minimum Gasteiger partial charge on any atom is -0.345 e. The van der Waals surface area contributed by atoms with E-state index in [1.807, 2.05) is 56.4 Å². The zero-order chi connectivity index (χ0) is 26.2. The number of carbonyl (C=O) groups is 2. The first-order valence-electron chi connectivity index (χ1n) is 11.9. The van der Waals surface area contributed by atoms with Crippen molar-refractivity contribution in [2.75, 3.05) is 19.6 Å². The average Bonchev–Trinajstić information content (AvgIpc) is 3.29. The van der Waals surface area contributed by atoms with Crippen molar-refractivity contribution in [2.24, 2.45) is 5.92 Å². The molecule has 0 unspecified atom stereocenters. The molecule has 0 radical (unpaired) electrons. The van der Waals surface area contributed by atoms with Crippen LogP contribution in [0.4, 0.5) is 5.69 Å². The molecule has 2 amide bonds. The molecule has 190 valence electrons. The lowest BCUT2D eigenvalue weighted by Gasteiger charge is -2.29. The molecule has 0 fully saturated rings. The molecule has 8 nitrogen and oxygen atoms in total. The number of rotatable bonds is 11. The van der Waals surface area contributed by atoms with Crippen LogP contribution in [-0.2, 0) is 17.9 Å². The van der Waals surface area contributed by atoms with Gasteiger partial charge in [0.2, 0.25) is 5.91 Å². The Hall–Kier alpha value is -3.65. The van der Waals surface area contributed by atoms with Gasteiger partial charge in [-0.1, -0.05) is 43.6 Å². The van der Waals surface area contributed by atoms with Crippen LogP contribution in [0, 0.1) is 16.0 Å². The third-order valence-electron chi connectivity index (χ3n) is 5.83. The quantitative estimate of drug-likeness (QED) is 0.260. The van der Waals surface area contributed by atoms with E-state index in [1.165, 1.54) is 29.2 Å². The molecular weight excluding hydrogens is 480 g/mol. The lowest BCUT2D eigenvalue weighted by atomic mass is 10.1. The Kier molecular flexibility index (Phi) is 9.25. The predicted octanol–water partition coefficient (Wildman–Crippen LogP) is 5.24. The van der Waals surface area contributed by atoms with Gasteiger partial charge in [0, 0.05) is 54.2 Å². The van der Waals surface area contributed by atoms with Crippen LogP contribution < -0.4 is 0 Å². The van der Waals surface area contributed by atoms with Crippen LogP contribution in [-0.4, -0.2) is 50.7 Å². The molecule has 0 atom stereocenters. The number of aromatic nitrogens is 1. The first-order valence-corrected chi connectivity index (χ1v) is 12.3. The number of hydrogen-bond acceptors (Lipinski definition) is 4. The second-order valence-corrected chi connectivity index (χ2v) is 9.42. The van der Waals surface area contributed by atoms with Gasteiger partial charge < -0.3 is 14.4 Å². The van der Waals surface area contributed by atoms with E-state index in [9.17, 15) is 19.7 Å². The smallest absolute Gasteiger partial charge is 0.269 e. The standard InChI is InChI=1S/C27H31ClN4O4/c1-4-29(27(34)21-11-13-23(14-12-21)32(35)36)19-26(33)31(16-20(2)3)18-24-9-7-15-30(24)17-22-8-5-6-10-25(22)28/h5-15,20H,4,16-19H2,1-3H3. The van der Waals surface area contributed by atoms with Gasteiger partial charge in [-0.15, -0.1) is 0 Å². The lowest BCUT2D eigenvalue weighted by molar-refractivity contribution is -0.384. The molecule has 3 rings (SSSR count). The Morgan fingerprint density at radius 3 is 2.33 bits per heavy atom. The number of nitrogens with zero attached hydrogens (tertiary/aromatic N) is 4. The van der Waals surface area contributed by atoms with Gasteiger partial charge >= 0.3 is 0 Å². The molecule has 36 heavy (non-hydrogen) atoms. The van der Waals surface area contributed by atoms with Crippen LogP contribution in [0.3, 0.4) is 0 Å². The maximum Gasteiger partial charge on any atom is 0.269 e. The summed E-state index contributed by atoms with van der Waals surface area (Å²) in [6, 6.07) is 17.0. The van der Waals surface area contributed by atoms with Gasteiger partial charge in [-0.25, -0.2) is 0 Å². The zero-order valence-corrected chi connectivity index (χ0v) is 21.5. The number of likely N-dealkylation sites (N-methyl/N-ethyl adjacent to an activating group) is 1. The van der Waals surface area contributed by atoms with Crippen LogP contribution in [0.1, 0.15) is 42.4 Å². The molecule has 0 N–H and O–H groups in total. The SMILES string of the molecule is CCN(CC(=O)N(Cc1cccn1Cc1ccccc1Cl)CC(C)C)C(=O)c1ccc([N+](=O)[O-])cc1. The van der Waals surface area contributed by atoms with Gasteiger partial charge in [0.05, 0.1) is 11.5 Å². The number of nitro groups is 1. The molecule has 1 aromatic heterocycles. The molecule has 1 heterocycles. The number of amides is 2. The highest BCUT2D eigenvalue weighted by molar-refractivity contribution is 6.31. The molecule has 0 aliphatic rings. The Morgan fingerprint density at radius 2 is 1.72 bits per heavy atom. The molecule has 0 aliphatic carbocycles. The van der Waals surface area contributed by atoms with Crippen molar-refractivity contribution < 1.29 is 14.5 Å². The van der Waals surface area contributed by atoms with Gasteiger partial charge in [-0.05, 0) is 48.7 Å². The lowest BCUT2D eigenvalue weighted by Crippen LogP contribution is -2.44. The summed E-state index contributed by atoms with van der Waals surface area (Å²) < 4.78 is 2.07. The first-order chi connectivity index (χ1) is 17.2. The van der Waals surface area contributed by atoms with Crippen molar-refractivity contribution in [3.63, 3.8) is 0 Å². The van der Waals surface area contributed by atoms with Crippen molar-refractivity contribution in [3.05, 3.63) is 98.8 Å². The summed E-state index contributed by atoms with van der Waals surface area (Å²) in [5, 5.41) is 11.6. The number of nitro benzene ring substituents is 1. The topological polar surface area (TPSA) is 88.7 Å². The number of halogens is 1. The third kappa shape index (κ3) is 6.95. The fraction of sp³-hybridized carbons (Fsp3) is 0.333. The summed E-state index contributed by atoms with van der Waals surface area (Å²) in [4.78, 5) is 40.0. The van der Waals surface area contributed by atoms with Crippen molar-refractivity contribution in [1.82, 2.24) is 14.4 Å². The van der Waals surface area contributed by atoms with Gasteiger partial charge in [0.25, 0.3) is 11.6 Å². The summed E-state index contributed by atoms with van der Waals surface area (Å²) in [5.74, 6) is -0.264. The summed E-state index contributed by atoms with van der Waals surface area (Å²) >= 11 is 6.35. The van der Waals surface area contributed by atoms with E-state index in [0.29, 0.717) is 36.8 Å². The van der Waals surface area contributed by atoms with Crippen LogP contribution in [0.25, 0.3) is 0 Å². The van der Waals surface area contributed by atoms with E-state index in [-0.39, 0.29) is 30.0 Å². The van der Waals surface area contributed by atoms with Crippen LogP contribution in [0.15, 0.2) is 66.9 Å². The average molecular weight is 511 g/mol. The summed E-state index contributed by atoms with van der Waals surface area (Å²) in [5.41, 5.74) is 2.17. The molecule has 9 heteroatoms. The second-order valence-electron chi connectivity index (χ2n) is 9.01. The summed E-state index contributed by atoms with van der Waals surface area (Å²) in [6.45, 7) is 7.68. The monoisotopic (exact) mass is 510 g/mol. The van der Waals surface area contributed by atoms with Crippen LogP contribution in [0.5, 0.6) is 0 Å². The van der Waals surface area contributed by atoms with Crippen LogP contribution >= 0.6 is 11.6 Å². The highest BCUT2D eigenvalue weighted by atomic mass is 35.5. The minimum absolute atomic E-state index is 0.0791. The van der Waals surface area contributed by atoms with Crippen molar-refractivity contribution >= 4 is 29.1 Å². The maximum absolute atomic E-state index is 13.4. The van der Waals surface area contributed by atoms with E-state index in [0.717, 1.165) is 11.3 Å². The normalized spacial score (nSPS) is 10.9. The second kappa shape index (κ2) is 12.4. The van der Waals surface area contributed by atoms with E-state index in [2.05, 4.69) is 4.57 Å². The largest absolute Gasteiger partial charge is 0.345 e. The first kappa shape index (κ1) is 26.9. The van der Waals surface area contributed by atoms with E-state index in [1.54, 1.807) is 11.8 Å². The fourth-order valence-electron chi connectivity index (χ4n) is 3.95. The predicted molar refractivity (Wildman–Crippen MR) is 140 cm³/mol. The number of carbonyl (C=O) groups excluding carboxylic acids is 2. The minimum atomic E-state index is -0.513. The third-order valence-corrected chi connectivity index (χ3v) is 6.20. The Labute approximate surface area is 216 Å².